The number of H-pyrrole nitrogens is 1. The Hall–Kier alpha value is -2.10. The standard InChI is InChI=1S/C19H25FN6.HI/c1-14-11-25-26(13-14)9-3-7-22-19(21-2)23-8-6-15-12-24-18-5-4-16(20)10-17(15)18;/h4-5,10-13,24H,3,6-9H2,1-2H3,(H2,21,22,23);1H. The lowest BCUT2D eigenvalue weighted by molar-refractivity contribution is 0.570. The number of hydrogen-bond acceptors (Lipinski definition) is 2. The molecule has 0 saturated carbocycles. The Morgan fingerprint density at radius 1 is 1.30 bits per heavy atom. The molecule has 0 unspecified atom stereocenters. The van der Waals surface area contributed by atoms with Crippen LogP contribution in [0.2, 0.25) is 0 Å². The van der Waals surface area contributed by atoms with Crippen molar-refractivity contribution in [1.82, 2.24) is 25.4 Å². The Morgan fingerprint density at radius 2 is 2.11 bits per heavy atom. The van der Waals surface area contributed by atoms with Crippen molar-refractivity contribution in [2.75, 3.05) is 20.1 Å². The van der Waals surface area contributed by atoms with E-state index in [4.69, 9.17) is 0 Å². The highest BCUT2D eigenvalue weighted by atomic mass is 127. The van der Waals surface area contributed by atoms with Gasteiger partial charge in [-0.25, -0.2) is 4.39 Å². The van der Waals surface area contributed by atoms with Gasteiger partial charge in [0.1, 0.15) is 5.82 Å². The van der Waals surface area contributed by atoms with Crippen molar-refractivity contribution in [3.05, 3.63) is 53.7 Å². The van der Waals surface area contributed by atoms with E-state index in [0.29, 0.717) is 0 Å². The molecule has 0 aliphatic heterocycles. The van der Waals surface area contributed by atoms with Crippen molar-refractivity contribution in [3.63, 3.8) is 0 Å². The first-order chi connectivity index (χ1) is 12.7. The predicted molar refractivity (Wildman–Crippen MR) is 118 cm³/mol. The number of aromatic nitrogens is 3. The molecule has 1 aromatic carbocycles. The fraction of sp³-hybridized carbons (Fsp3) is 0.368. The van der Waals surface area contributed by atoms with E-state index in [1.165, 1.54) is 11.6 Å². The number of guanidine groups is 1. The third-order valence-electron chi connectivity index (χ3n) is 4.26. The fourth-order valence-electron chi connectivity index (χ4n) is 2.93. The van der Waals surface area contributed by atoms with Crippen LogP contribution in [0.3, 0.4) is 0 Å². The van der Waals surface area contributed by atoms with Gasteiger partial charge in [-0.05, 0) is 49.1 Å². The number of hydrogen-bond donors (Lipinski definition) is 3. The quantitative estimate of drug-likeness (QED) is 0.209. The Bertz CT molecular complexity index is 885. The lowest BCUT2D eigenvalue weighted by atomic mass is 10.1. The molecule has 3 N–H and O–H groups in total. The maximum atomic E-state index is 13.4. The van der Waals surface area contributed by atoms with Crippen molar-refractivity contribution in [2.45, 2.75) is 26.3 Å². The van der Waals surface area contributed by atoms with Crippen LogP contribution in [0.4, 0.5) is 4.39 Å². The van der Waals surface area contributed by atoms with E-state index in [9.17, 15) is 4.39 Å². The normalized spacial score (nSPS) is 11.4. The molecule has 3 aromatic rings. The Morgan fingerprint density at radius 3 is 2.85 bits per heavy atom. The summed E-state index contributed by atoms with van der Waals surface area (Å²) in [6.45, 7) is 4.45. The highest BCUT2D eigenvalue weighted by Gasteiger charge is 2.05. The summed E-state index contributed by atoms with van der Waals surface area (Å²) in [6, 6.07) is 4.81. The van der Waals surface area contributed by atoms with Gasteiger partial charge in [0.05, 0.1) is 6.20 Å². The highest BCUT2D eigenvalue weighted by Crippen LogP contribution is 2.19. The molecule has 2 heterocycles. The number of nitrogens with one attached hydrogen (secondary N) is 3. The molecule has 3 rings (SSSR count). The monoisotopic (exact) mass is 484 g/mol. The van der Waals surface area contributed by atoms with E-state index in [2.05, 4.69) is 25.7 Å². The van der Waals surface area contributed by atoms with Crippen LogP contribution in [-0.2, 0) is 13.0 Å². The van der Waals surface area contributed by atoms with Crippen molar-refractivity contribution < 1.29 is 4.39 Å². The lowest BCUT2D eigenvalue weighted by Gasteiger charge is -2.11. The van der Waals surface area contributed by atoms with E-state index >= 15 is 0 Å². The molecule has 6 nitrogen and oxygen atoms in total. The van der Waals surface area contributed by atoms with Crippen LogP contribution in [0.15, 0.2) is 41.8 Å². The first-order valence-electron chi connectivity index (χ1n) is 8.85. The number of rotatable bonds is 7. The molecule has 0 fully saturated rings. The van der Waals surface area contributed by atoms with Crippen LogP contribution in [0, 0.1) is 12.7 Å². The van der Waals surface area contributed by atoms with E-state index in [-0.39, 0.29) is 29.8 Å². The number of aryl methyl sites for hydroxylation is 2. The molecular formula is C19H26FIN6. The van der Waals surface area contributed by atoms with Crippen LogP contribution in [0.1, 0.15) is 17.5 Å². The van der Waals surface area contributed by atoms with Gasteiger partial charge >= 0.3 is 0 Å². The summed E-state index contributed by atoms with van der Waals surface area (Å²) in [5.74, 6) is 0.559. The average molecular weight is 484 g/mol. The van der Waals surface area contributed by atoms with Crippen molar-refractivity contribution in [2.24, 2.45) is 4.99 Å². The maximum Gasteiger partial charge on any atom is 0.190 e. The number of benzene rings is 1. The van der Waals surface area contributed by atoms with Gasteiger partial charge in [0, 0.05) is 50.0 Å². The van der Waals surface area contributed by atoms with Crippen LogP contribution < -0.4 is 10.6 Å². The number of halogens is 2. The molecule has 0 atom stereocenters. The smallest absolute Gasteiger partial charge is 0.190 e. The second-order valence-corrected chi connectivity index (χ2v) is 6.31. The van der Waals surface area contributed by atoms with Gasteiger partial charge in [0.15, 0.2) is 5.96 Å². The van der Waals surface area contributed by atoms with Crippen molar-refractivity contribution in [3.8, 4) is 0 Å². The van der Waals surface area contributed by atoms with Crippen molar-refractivity contribution in [1.29, 1.82) is 0 Å². The minimum absolute atomic E-state index is 0. The summed E-state index contributed by atoms with van der Waals surface area (Å²) in [4.78, 5) is 7.41. The fourth-order valence-corrected chi connectivity index (χ4v) is 2.93. The van der Waals surface area contributed by atoms with Gasteiger partial charge < -0.3 is 15.6 Å². The zero-order valence-electron chi connectivity index (χ0n) is 15.6. The van der Waals surface area contributed by atoms with Crippen LogP contribution in [0.25, 0.3) is 10.9 Å². The third-order valence-corrected chi connectivity index (χ3v) is 4.26. The third kappa shape index (κ3) is 5.95. The van der Waals surface area contributed by atoms with Crippen molar-refractivity contribution >= 4 is 40.8 Å². The van der Waals surface area contributed by atoms with Crippen LogP contribution >= 0.6 is 24.0 Å². The first kappa shape index (κ1) is 21.2. The average Bonchev–Trinajstić information content (AvgIpc) is 3.23. The number of fused-ring (bicyclic) bond motifs is 1. The molecule has 0 spiro atoms. The summed E-state index contributed by atoms with van der Waals surface area (Å²) in [7, 11) is 1.76. The molecule has 0 aliphatic rings. The zero-order chi connectivity index (χ0) is 18.4. The van der Waals surface area contributed by atoms with Gasteiger partial charge in [0.25, 0.3) is 0 Å². The van der Waals surface area contributed by atoms with E-state index in [1.54, 1.807) is 19.2 Å². The number of aliphatic imine (C=N–C) groups is 1. The molecule has 146 valence electrons. The summed E-state index contributed by atoms with van der Waals surface area (Å²) < 4.78 is 15.4. The molecule has 0 saturated heterocycles. The van der Waals surface area contributed by atoms with Gasteiger partial charge in [-0.2, -0.15) is 5.10 Å². The van der Waals surface area contributed by atoms with Crippen LogP contribution in [-0.4, -0.2) is 40.9 Å². The number of aromatic amines is 1. The molecule has 27 heavy (non-hydrogen) atoms. The predicted octanol–water partition coefficient (Wildman–Crippen LogP) is 3.23. The summed E-state index contributed by atoms with van der Waals surface area (Å²) >= 11 is 0. The number of nitrogens with zero attached hydrogens (tertiary/aromatic N) is 3. The van der Waals surface area contributed by atoms with Crippen LogP contribution in [0.5, 0.6) is 0 Å². The largest absolute Gasteiger partial charge is 0.361 e. The first-order valence-corrected chi connectivity index (χ1v) is 8.85. The maximum absolute atomic E-state index is 13.4. The topological polar surface area (TPSA) is 70.0 Å². The Labute approximate surface area is 175 Å². The minimum Gasteiger partial charge on any atom is -0.361 e. The summed E-state index contributed by atoms with van der Waals surface area (Å²) in [5, 5.41) is 11.8. The van der Waals surface area contributed by atoms with Gasteiger partial charge in [-0.3, -0.25) is 9.67 Å². The zero-order valence-corrected chi connectivity index (χ0v) is 18.0. The second kappa shape index (κ2) is 10.3. The van der Waals surface area contributed by atoms with E-state index < -0.39 is 0 Å². The van der Waals surface area contributed by atoms with E-state index in [1.807, 2.05) is 30.2 Å². The Kier molecular flexibility index (Phi) is 8.08. The molecule has 0 aliphatic carbocycles. The molecule has 2 aromatic heterocycles. The minimum atomic E-state index is -0.212. The molecule has 0 bridgehead atoms. The van der Waals surface area contributed by atoms with Gasteiger partial charge in [-0.1, -0.05) is 0 Å². The lowest BCUT2D eigenvalue weighted by Crippen LogP contribution is -2.39. The van der Waals surface area contributed by atoms with E-state index in [0.717, 1.165) is 54.9 Å². The molecule has 8 heteroatoms. The SMILES string of the molecule is CN=C(NCCCn1cc(C)cn1)NCCc1c[nH]c2ccc(F)cc12.I. The van der Waals surface area contributed by atoms with Gasteiger partial charge in [-0.15, -0.1) is 24.0 Å². The molecule has 0 radical (unpaired) electrons. The Balaban J connectivity index is 0.00000261. The highest BCUT2D eigenvalue weighted by molar-refractivity contribution is 14.0. The molecule has 0 amide bonds. The summed E-state index contributed by atoms with van der Waals surface area (Å²) in [6.07, 6.45) is 7.59. The summed E-state index contributed by atoms with van der Waals surface area (Å²) in [5.41, 5.74) is 3.22. The second-order valence-electron chi connectivity index (χ2n) is 6.31. The molecular weight excluding hydrogens is 458 g/mol. The van der Waals surface area contributed by atoms with Gasteiger partial charge in [0.2, 0.25) is 0 Å².